The summed E-state index contributed by atoms with van der Waals surface area (Å²) >= 11 is 11.9. The van der Waals surface area contributed by atoms with Crippen molar-refractivity contribution >= 4 is 35.3 Å². The van der Waals surface area contributed by atoms with Gasteiger partial charge in [0.1, 0.15) is 0 Å². The highest BCUT2D eigenvalue weighted by Gasteiger charge is 2.16. The molecule has 0 fully saturated rings. The molecule has 132 valence electrons. The molecule has 0 radical (unpaired) electrons. The van der Waals surface area contributed by atoms with E-state index in [2.05, 4.69) is 10.5 Å². The van der Waals surface area contributed by atoms with Crippen molar-refractivity contribution in [2.75, 3.05) is 21.3 Å². The Kier molecular flexibility index (Phi) is 6.50. The first-order chi connectivity index (χ1) is 12.0. The lowest BCUT2D eigenvalue weighted by Gasteiger charge is -2.13. The second-order valence-corrected chi connectivity index (χ2v) is 5.62. The van der Waals surface area contributed by atoms with Crippen LogP contribution in [0.5, 0.6) is 17.2 Å². The van der Waals surface area contributed by atoms with Crippen molar-refractivity contribution in [3.05, 3.63) is 51.5 Å². The number of carbonyl (C=O) groups is 1. The Bertz CT molecular complexity index is 784. The molecule has 1 N–H and O–H groups in total. The van der Waals surface area contributed by atoms with Crippen LogP contribution in [0.25, 0.3) is 0 Å². The van der Waals surface area contributed by atoms with Crippen LogP contribution in [0.4, 0.5) is 0 Å². The van der Waals surface area contributed by atoms with E-state index in [0.29, 0.717) is 38.4 Å². The Labute approximate surface area is 155 Å². The first-order valence-electron chi connectivity index (χ1n) is 7.08. The molecule has 6 nitrogen and oxygen atoms in total. The van der Waals surface area contributed by atoms with E-state index in [1.165, 1.54) is 39.7 Å². The van der Waals surface area contributed by atoms with Crippen molar-refractivity contribution in [2.24, 2.45) is 5.10 Å². The summed E-state index contributed by atoms with van der Waals surface area (Å²) in [5.74, 6) is 0.701. The maximum atomic E-state index is 12.3. The third kappa shape index (κ3) is 4.55. The van der Waals surface area contributed by atoms with Gasteiger partial charge in [-0.3, -0.25) is 4.79 Å². The minimum absolute atomic E-state index is 0.300. The van der Waals surface area contributed by atoms with Crippen LogP contribution in [0.2, 0.25) is 10.0 Å². The first kappa shape index (κ1) is 18.9. The van der Waals surface area contributed by atoms with Gasteiger partial charge in [0.25, 0.3) is 5.91 Å². The van der Waals surface area contributed by atoms with Gasteiger partial charge in [-0.1, -0.05) is 29.3 Å². The third-order valence-electron chi connectivity index (χ3n) is 3.26. The second kappa shape index (κ2) is 8.60. The maximum absolute atomic E-state index is 12.3. The predicted molar refractivity (Wildman–Crippen MR) is 97.6 cm³/mol. The Morgan fingerprint density at radius 2 is 1.68 bits per heavy atom. The molecule has 0 aromatic heterocycles. The fourth-order valence-electron chi connectivity index (χ4n) is 2.04. The van der Waals surface area contributed by atoms with Gasteiger partial charge in [-0.25, -0.2) is 5.43 Å². The molecule has 0 spiro atoms. The molecular weight excluding hydrogens is 367 g/mol. The molecular formula is C17H16Cl2N2O4. The van der Waals surface area contributed by atoms with Crippen molar-refractivity contribution in [1.82, 2.24) is 5.43 Å². The van der Waals surface area contributed by atoms with Crippen LogP contribution in [0, 0.1) is 0 Å². The molecule has 2 rings (SSSR count). The van der Waals surface area contributed by atoms with Crippen LogP contribution >= 0.6 is 23.2 Å². The van der Waals surface area contributed by atoms with E-state index < -0.39 is 5.91 Å². The Hall–Kier alpha value is -2.44. The molecule has 0 saturated carbocycles. The molecule has 2 aromatic rings. The van der Waals surface area contributed by atoms with E-state index in [1.807, 2.05) is 0 Å². The fraction of sp³-hybridized carbons (Fsp3) is 0.176. The normalized spacial score (nSPS) is 10.6. The van der Waals surface area contributed by atoms with Gasteiger partial charge in [0, 0.05) is 16.1 Å². The summed E-state index contributed by atoms with van der Waals surface area (Å²) < 4.78 is 15.7. The second-order valence-electron chi connectivity index (χ2n) is 4.78. The van der Waals surface area contributed by atoms with Crippen molar-refractivity contribution < 1.29 is 19.0 Å². The summed E-state index contributed by atoms with van der Waals surface area (Å²) in [7, 11) is 4.43. The molecule has 8 heteroatoms. The van der Waals surface area contributed by atoms with E-state index >= 15 is 0 Å². The quantitative estimate of drug-likeness (QED) is 0.609. The Balaban J connectivity index is 2.19. The number of hydrazone groups is 1. The van der Waals surface area contributed by atoms with Crippen molar-refractivity contribution in [3.63, 3.8) is 0 Å². The van der Waals surface area contributed by atoms with Crippen LogP contribution in [0.15, 0.2) is 35.4 Å². The zero-order chi connectivity index (χ0) is 18.4. The highest BCUT2D eigenvalue weighted by Crippen LogP contribution is 2.38. The molecule has 25 heavy (non-hydrogen) atoms. The topological polar surface area (TPSA) is 69.2 Å². The lowest BCUT2D eigenvalue weighted by Crippen LogP contribution is -2.18. The molecule has 0 aliphatic heterocycles. The number of halogens is 2. The number of hydrogen-bond donors (Lipinski definition) is 1. The van der Waals surface area contributed by atoms with E-state index in [4.69, 9.17) is 37.4 Å². The first-order valence-corrected chi connectivity index (χ1v) is 7.84. The number of nitrogens with one attached hydrogen (secondary N) is 1. The standard InChI is InChI=1S/C17H16Cl2N2O4/c1-23-14-6-11(7-15(24-2)16(14)25-3)17(22)21-20-9-10-4-5-12(18)8-13(10)19/h4-9H,1-3H3,(H,21,22)/b20-9-. The molecule has 0 bridgehead atoms. The third-order valence-corrected chi connectivity index (χ3v) is 3.82. The molecule has 0 saturated heterocycles. The molecule has 1 amide bonds. The number of benzene rings is 2. The van der Waals surface area contributed by atoms with E-state index in [1.54, 1.807) is 18.2 Å². The zero-order valence-corrected chi connectivity index (χ0v) is 15.3. The van der Waals surface area contributed by atoms with Gasteiger partial charge < -0.3 is 14.2 Å². The van der Waals surface area contributed by atoms with Crippen LogP contribution in [-0.4, -0.2) is 33.5 Å². The monoisotopic (exact) mass is 382 g/mol. The summed E-state index contributed by atoms with van der Waals surface area (Å²) in [6.07, 6.45) is 1.43. The molecule has 0 atom stereocenters. The lowest BCUT2D eigenvalue weighted by molar-refractivity contribution is 0.0954. The minimum Gasteiger partial charge on any atom is -0.493 e. The van der Waals surface area contributed by atoms with Gasteiger partial charge in [0.15, 0.2) is 11.5 Å². The summed E-state index contributed by atoms with van der Waals surface area (Å²) in [5.41, 5.74) is 3.34. The Morgan fingerprint density at radius 1 is 1.04 bits per heavy atom. The van der Waals surface area contributed by atoms with Gasteiger partial charge in [-0.05, 0) is 24.3 Å². The molecule has 0 aliphatic rings. The zero-order valence-electron chi connectivity index (χ0n) is 13.8. The summed E-state index contributed by atoms with van der Waals surface area (Å²) in [6.45, 7) is 0. The van der Waals surface area contributed by atoms with Gasteiger partial charge in [0.05, 0.1) is 32.6 Å². The van der Waals surface area contributed by atoms with Crippen molar-refractivity contribution in [2.45, 2.75) is 0 Å². The predicted octanol–water partition coefficient (Wildman–Crippen LogP) is 3.78. The average molecular weight is 383 g/mol. The van der Waals surface area contributed by atoms with Gasteiger partial charge >= 0.3 is 0 Å². The number of amides is 1. The van der Waals surface area contributed by atoms with Crippen LogP contribution in [0.3, 0.4) is 0 Å². The number of nitrogens with zero attached hydrogens (tertiary/aromatic N) is 1. The maximum Gasteiger partial charge on any atom is 0.271 e. The molecule has 2 aromatic carbocycles. The van der Waals surface area contributed by atoms with E-state index in [9.17, 15) is 4.79 Å². The summed E-state index contributed by atoms with van der Waals surface area (Å²) in [4.78, 5) is 12.3. The highest BCUT2D eigenvalue weighted by atomic mass is 35.5. The molecule has 0 heterocycles. The lowest BCUT2D eigenvalue weighted by atomic mass is 10.1. The van der Waals surface area contributed by atoms with Crippen molar-refractivity contribution in [3.8, 4) is 17.2 Å². The smallest absolute Gasteiger partial charge is 0.271 e. The van der Waals surface area contributed by atoms with Crippen LogP contribution in [-0.2, 0) is 0 Å². The summed E-state index contributed by atoms with van der Waals surface area (Å²) in [6, 6.07) is 8.02. The largest absolute Gasteiger partial charge is 0.493 e. The number of hydrogen-bond acceptors (Lipinski definition) is 5. The molecule has 0 unspecified atom stereocenters. The number of methoxy groups -OCH3 is 3. The van der Waals surface area contributed by atoms with Gasteiger partial charge in [-0.15, -0.1) is 0 Å². The van der Waals surface area contributed by atoms with Gasteiger partial charge in [-0.2, -0.15) is 5.10 Å². The number of carbonyl (C=O) groups excluding carboxylic acids is 1. The molecule has 0 aliphatic carbocycles. The van der Waals surface area contributed by atoms with Crippen molar-refractivity contribution in [1.29, 1.82) is 0 Å². The Morgan fingerprint density at radius 3 is 2.20 bits per heavy atom. The number of ether oxygens (including phenoxy) is 3. The minimum atomic E-state index is -0.444. The van der Waals surface area contributed by atoms with E-state index in [-0.39, 0.29) is 0 Å². The fourth-order valence-corrected chi connectivity index (χ4v) is 2.50. The van der Waals surface area contributed by atoms with Crippen LogP contribution in [0.1, 0.15) is 15.9 Å². The van der Waals surface area contributed by atoms with E-state index in [0.717, 1.165) is 0 Å². The van der Waals surface area contributed by atoms with Crippen LogP contribution < -0.4 is 19.6 Å². The SMILES string of the molecule is COc1cc(C(=O)N/N=C\c2ccc(Cl)cc2Cl)cc(OC)c1OC. The highest BCUT2D eigenvalue weighted by molar-refractivity contribution is 6.36. The summed E-state index contributed by atoms with van der Waals surface area (Å²) in [5, 5.41) is 4.84. The number of rotatable bonds is 6. The van der Waals surface area contributed by atoms with Gasteiger partial charge in [0.2, 0.25) is 5.75 Å². The average Bonchev–Trinajstić information content (AvgIpc) is 2.61.